The Morgan fingerprint density at radius 1 is 1.25 bits per heavy atom. The molecule has 0 amide bonds. The van der Waals surface area contributed by atoms with Gasteiger partial charge in [-0.3, -0.25) is 4.99 Å². The molecule has 0 spiro atoms. The van der Waals surface area contributed by atoms with Crippen molar-refractivity contribution in [3.05, 3.63) is 35.6 Å². The summed E-state index contributed by atoms with van der Waals surface area (Å²) < 4.78 is 19.1. The van der Waals surface area contributed by atoms with Crippen LogP contribution < -0.4 is 10.6 Å². The first-order valence-corrected chi connectivity index (χ1v) is 9.02. The molecular weight excluding hydrogens is 305 g/mol. The molecule has 1 saturated carbocycles. The Bertz CT molecular complexity index is 529. The molecule has 1 aromatic carbocycles. The van der Waals surface area contributed by atoms with Crippen LogP contribution in [0.3, 0.4) is 0 Å². The van der Waals surface area contributed by atoms with E-state index >= 15 is 0 Å². The van der Waals surface area contributed by atoms with Gasteiger partial charge in [0.1, 0.15) is 5.82 Å². The second kappa shape index (κ2) is 9.62. The van der Waals surface area contributed by atoms with Gasteiger partial charge in [0.05, 0.1) is 0 Å². The maximum absolute atomic E-state index is 13.6. The summed E-state index contributed by atoms with van der Waals surface area (Å²) in [6.45, 7) is 7.99. The van der Waals surface area contributed by atoms with E-state index in [2.05, 4.69) is 17.6 Å². The summed E-state index contributed by atoms with van der Waals surface area (Å²) in [4.78, 5) is 4.73. The van der Waals surface area contributed by atoms with Gasteiger partial charge in [-0.2, -0.15) is 0 Å². The molecule has 1 aliphatic rings. The molecule has 0 unspecified atom stereocenters. The van der Waals surface area contributed by atoms with Crippen LogP contribution in [0.4, 0.5) is 4.39 Å². The first kappa shape index (κ1) is 18.7. The third kappa shape index (κ3) is 6.11. The Balaban J connectivity index is 1.79. The molecule has 0 radical (unpaired) electrons. The number of rotatable bonds is 10. The lowest BCUT2D eigenvalue weighted by atomic mass is 10.0. The topological polar surface area (TPSA) is 45.7 Å². The molecule has 0 aromatic heterocycles. The molecule has 2 N–H and O–H groups in total. The second-order valence-corrected chi connectivity index (χ2v) is 6.41. The molecule has 0 bridgehead atoms. The molecule has 0 aliphatic heterocycles. The zero-order valence-electron chi connectivity index (χ0n) is 14.9. The maximum atomic E-state index is 13.6. The first-order chi connectivity index (χ1) is 11.7. The van der Waals surface area contributed by atoms with Crippen molar-refractivity contribution in [2.24, 2.45) is 10.4 Å². The predicted molar refractivity (Wildman–Crippen MR) is 96.9 cm³/mol. The molecule has 0 atom stereocenters. The smallest absolute Gasteiger partial charge is 0.191 e. The highest BCUT2D eigenvalue weighted by Gasteiger charge is 2.41. The molecular formula is C19H30FN3O. The van der Waals surface area contributed by atoms with E-state index in [0.29, 0.717) is 18.4 Å². The molecule has 4 nitrogen and oxygen atoms in total. The highest BCUT2D eigenvalue weighted by molar-refractivity contribution is 5.79. The minimum Gasteiger partial charge on any atom is -0.382 e. The Kier molecular flexibility index (Phi) is 7.50. The maximum Gasteiger partial charge on any atom is 0.191 e. The number of hydrogen-bond donors (Lipinski definition) is 2. The highest BCUT2D eigenvalue weighted by atomic mass is 19.1. The Morgan fingerprint density at radius 2 is 2.04 bits per heavy atom. The number of aliphatic imine (C=N–C) groups is 1. The summed E-state index contributed by atoms with van der Waals surface area (Å²) in [5.41, 5.74) is 1.07. The van der Waals surface area contributed by atoms with Crippen LogP contribution in [-0.4, -0.2) is 38.8 Å². The highest BCUT2D eigenvalue weighted by Crippen LogP contribution is 2.48. The molecule has 0 saturated heterocycles. The van der Waals surface area contributed by atoms with Crippen molar-refractivity contribution >= 4 is 5.96 Å². The zero-order valence-corrected chi connectivity index (χ0v) is 14.9. The van der Waals surface area contributed by atoms with Crippen molar-refractivity contribution in [3.63, 3.8) is 0 Å². The summed E-state index contributed by atoms with van der Waals surface area (Å²) in [5, 5.41) is 6.57. The van der Waals surface area contributed by atoms with Crippen LogP contribution in [0.5, 0.6) is 0 Å². The van der Waals surface area contributed by atoms with Crippen molar-refractivity contribution in [2.45, 2.75) is 39.5 Å². The summed E-state index contributed by atoms with van der Waals surface area (Å²) >= 11 is 0. The fraction of sp³-hybridized carbons (Fsp3) is 0.632. The van der Waals surface area contributed by atoms with E-state index < -0.39 is 0 Å². The van der Waals surface area contributed by atoms with E-state index in [1.165, 1.54) is 18.9 Å². The summed E-state index contributed by atoms with van der Waals surface area (Å²) in [7, 11) is 0. The Labute approximate surface area is 144 Å². The van der Waals surface area contributed by atoms with Crippen LogP contribution in [-0.2, 0) is 11.2 Å². The second-order valence-electron chi connectivity index (χ2n) is 6.41. The van der Waals surface area contributed by atoms with Crippen molar-refractivity contribution in [3.8, 4) is 0 Å². The fourth-order valence-corrected chi connectivity index (χ4v) is 2.70. The van der Waals surface area contributed by atoms with Crippen LogP contribution in [0, 0.1) is 11.2 Å². The summed E-state index contributed by atoms with van der Waals surface area (Å²) in [6, 6.07) is 6.92. The van der Waals surface area contributed by atoms with Gasteiger partial charge in [0.15, 0.2) is 5.96 Å². The molecule has 5 heteroatoms. The summed E-state index contributed by atoms with van der Waals surface area (Å²) in [6.07, 6.45) is 4.20. The number of hydrogen-bond acceptors (Lipinski definition) is 2. The van der Waals surface area contributed by atoms with E-state index in [0.717, 1.165) is 44.2 Å². The van der Waals surface area contributed by atoms with Gasteiger partial charge in [-0.05, 0) is 56.6 Å². The SMILES string of the molecule is CCNC(=NCC1(CCOCC)CC1)NCCc1ccccc1F. The standard InChI is InChI=1S/C19H30FN3O/c1-3-21-18(22-13-9-16-7-5-6-8-17(16)20)23-15-19(10-11-19)12-14-24-4-2/h5-8H,3-4,9-15H2,1-2H3,(H2,21,22,23). The normalized spacial score (nSPS) is 16.0. The van der Waals surface area contributed by atoms with Crippen LogP contribution in [0.15, 0.2) is 29.3 Å². The number of nitrogens with zero attached hydrogens (tertiary/aromatic N) is 1. The lowest BCUT2D eigenvalue weighted by molar-refractivity contribution is 0.129. The molecule has 24 heavy (non-hydrogen) atoms. The Morgan fingerprint density at radius 3 is 2.71 bits per heavy atom. The van der Waals surface area contributed by atoms with Crippen LogP contribution in [0.1, 0.15) is 38.7 Å². The molecule has 1 aromatic rings. The van der Waals surface area contributed by atoms with Crippen LogP contribution in [0.2, 0.25) is 0 Å². The molecule has 134 valence electrons. The van der Waals surface area contributed by atoms with E-state index in [-0.39, 0.29) is 5.82 Å². The van der Waals surface area contributed by atoms with E-state index in [4.69, 9.17) is 9.73 Å². The Hall–Kier alpha value is -1.62. The average Bonchev–Trinajstić information content (AvgIpc) is 3.35. The quantitative estimate of drug-likeness (QED) is 0.392. The zero-order chi connectivity index (χ0) is 17.3. The van der Waals surface area contributed by atoms with Gasteiger partial charge in [-0.1, -0.05) is 18.2 Å². The van der Waals surface area contributed by atoms with E-state index in [1.807, 2.05) is 19.1 Å². The minimum absolute atomic E-state index is 0.144. The number of guanidine groups is 1. The van der Waals surface area contributed by atoms with Gasteiger partial charge in [0.25, 0.3) is 0 Å². The van der Waals surface area contributed by atoms with Crippen molar-refractivity contribution in [1.82, 2.24) is 10.6 Å². The largest absolute Gasteiger partial charge is 0.382 e. The van der Waals surface area contributed by atoms with E-state index in [9.17, 15) is 4.39 Å². The minimum atomic E-state index is -0.144. The monoisotopic (exact) mass is 335 g/mol. The average molecular weight is 335 g/mol. The van der Waals surface area contributed by atoms with Gasteiger partial charge < -0.3 is 15.4 Å². The third-order valence-electron chi connectivity index (χ3n) is 4.50. The first-order valence-electron chi connectivity index (χ1n) is 9.02. The third-order valence-corrected chi connectivity index (χ3v) is 4.50. The predicted octanol–water partition coefficient (Wildman–Crippen LogP) is 3.13. The number of halogens is 1. The van der Waals surface area contributed by atoms with Gasteiger partial charge in [0, 0.05) is 32.8 Å². The van der Waals surface area contributed by atoms with Gasteiger partial charge in [0.2, 0.25) is 0 Å². The van der Waals surface area contributed by atoms with Crippen LogP contribution in [0.25, 0.3) is 0 Å². The van der Waals surface area contributed by atoms with Gasteiger partial charge >= 0.3 is 0 Å². The lowest BCUT2D eigenvalue weighted by Gasteiger charge is -2.15. The lowest BCUT2D eigenvalue weighted by Crippen LogP contribution is -2.38. The number of benzene rings is 1. The van der Waals surface area contributed by atoms with Crippen molar-refractivity contribution in [2.75, 3.05) is 32.8 Å². The van der Waals surface area contributed by atoms with Crippen molar-refractivity contribution in [1.29, 1.82) is 0 Å². The number of nitrogens with one attached hydrogen (secondary N) is 2. The molecule has 1 aliphatic carbocycles. The molecule has 0 heterocycles. The van der Waals surface area contributed by atoms with E-state index in [1.54, 1.807) is 6.07 Å². The van der Waals surface area contributed by atoms with Crippen LogP contribution >= 0.6 is 0 Å². The summed E-state index contributed by atoms with van der Waals surface area (Å²) in [5.74, 6) is 0.672. The van der Waals surface area contributed by atoms with Crippen molar-refractivity contribution < 1.29 is 9.13 Å². The number of ether oxygens (including phenoxy) is 1. The fourth-order valence-electron chi connectivity index (χ4n) is 2.70. The van der Waals surface area contributed by atoms with Gasteiger partial charge in [-0.25, -0.2) is 4.39 Å². The van der Waals surface area contributed by atoms with Gasteiger partial charge in [-0.15, -0.1) is 0 Å². The molecule has 2 rings (SSSR count). The molecule has 1 fully saturated rings.